The maximum absolute atomic E-state index is 13.6. The van der Waals surface area contributed by atoms with Crippen LogP contribution in [0.1, 0.15) is 11.7 Å². The summed E-state index contributed by atoms with van der Waals surface area (Å²) in [5, 5.41) is 19.2. The van der Waals surface area contributed by atoms with Gasteiger partial charge >= 0.3 is 0 Å². The van der Waals surface area contributed by atoms with E-state index in [0.717, 1.165) is 6.07 Å². The van der Waals surface area contributed by atoms with Crippen LogP contribution in [0, 0.1) is 23.1 Å². The summed E-state index contributed by atoms with van der Waals surface area (Å²) >= 11 is 11.8. The van der Waals surface area contributed by atoms with Crippen molar-refractivity contribution in [3.05, 3.63) is 45.8 Å². The molecule has 30 heavy (non-hydrogen) atoms. The number of aliphatic hydroxyl groups is 1. The first-order valence-electron chi connectivity index (χ1n) is 8.82. The lowest BCUT2D eigenvalue weighted by Crippen LogP contribution is -2.47. The zero-order valence-corrected chi connectivity index (χ0v) is 17.5. The van der Waals surface area contributed by atoms with Crippen LogP contribution in [0.4, 0.5) is 10.2 Å². The van der Waals surface area contributed by atoms with E-state index in [0.29, 0.717) is 18.9 Å². The molecule has 1 fully saturated rings. The molecule has 2 aliphatic rings. The van der Waals surface area contributed by atoms with Crippen molar-refractivity contribution in [2.45, 2.75) is 17.0 Å². The summed E-state index contributed by atoms with van der Waals surface area (Å²) in [4.78, 5) is 5.71. The predicted octanol–water partition coefficient (Wildman–Crippen LogP) is 2.26. The summed E-state index contributed by atoms with van der Waals surface area (Å²) in [7, 11) is -4.11. The number of nitriles is 1. The summed E-state index contributed by atoms with van der Waals surface area (Å²) in [6.07, 6.45) is -1.30. The number of ether oxygens (including phenoxy) is 1. The number of aliphatic hydroxyl groups excluding tert-OH is 1. The van der Waals surface area contributed by atoms with Gasteiger partial charge in [0.05, 0.1) is 27.9 Å². The number of anilines is 1. The van der Waals surface area contributed by atoms with Crippen molar-refractivity contribution in [3.63, 3.8) is 0 Å². The third-order valence-electron chi connectivity index (χ3n) is 4.93. The van der Waals surface area contributed by atoms with E-state index < -0.39 is 28.0 Å². The monoisotopic (exact) mass is 472 g/mol. The molecular formula is C18H15Cl2FN4O4S. The fraction of sp³-hybridized carbons (Fsp3) is 0.333. The zero-order chi connectivity index (χ0) is 21.6. The summed E-state index contributed by atoms with van der Waals surface area (Å²) in [5.74, 6) is -0.415. The second kappa shape index (κ2) is 7.83. The molecule has 2 aromatic rings. The highest BCUT2D eigenvalue weighted by molar-refractivity contribution is 7.89. The first-order chi connectivity index (χ1) is 14.2. The number of nitrogens with one attached hydrogen (secondary N) is 1. The van der Waals surface area contributed by atoms with Gasteiger partial charge in [-0.1, -0.05) is 23.2 Å². The molecule has 0 aliphatic carbocycles. The number of rotatable bonds is 4. The van der Waals surface area contributed by atoms with E-state index in [9.17, 15) is 17.9 Å². The molecule has 1 saturated heterocycles. The molecular weight excluding hydrogens is 458 g/mol. The molecule has 2 N–H and O–H groups in total. The second-order valence-electron chi connectivity index (χ2n) is 7.00. The smallest absolute Gasteiger partial charge is 0.241 e. The number of aromatic nitrogens is 1. The van der Waals surface area contributed by atoms with Gasteiger partial charge in [-0.15, -0.1) is 0 Å². The first-order valence-corrected chi connectivity index (χ1v) is 11.1. The molecule has 0 amide bonds. The third kappa shape index (κ3) is 3.91. The Labute approximate surface area is 181 Å². The SMILES string of the molecule is N#CC1CN(c2cc(S(=O)(=O)N[C@@H]3COc4cc(F)c(Cl)cc4[C@@H]3O)cc(Cl)n2)C1. The highest BCUT2D eigenvalue weighted by atomic mass is 35.5. The number of halogens is 3. The maximum Gasteiger partial charge on any atom is 0.241 e. The molecule has 8 nitrogen and oxygen atoms in total. The topological polar surface area (TPSA) is 116 Å². The van der Waals surface area contributed by atoms with E-state index in [-0.39, 0.29) is 38.9 Å². The van der Waals surface area contributed by atoms with E-state index in [1.54, 1.807) is 4.90 Å². The fourth-order valence-corrected chi connectivity index (χ4v) is 4.98. The number of fused-ring (bicyclic) bond motifs is 1. The minimum Gasteiger partial charge on any atom is -0.491 e. The number of pyridine rings is 1. The van der Waals surface area contributed by atoms with Crippen molar-refractivity contribution >= 4 is 39.0 Å². The normalized spacial score (nSPS) is 21.4. The zero-order valence-electron chi connectivity index (χ0n) is 15.2. The molecule has 0 unspecified atom stereocenters. The van der Waals surface area contributed by atoms with Crippen LogP contribution in [-0.2, 0) is 10.0 Å². The largest absolute Gasteiger partial charge is 0.491 e. The molecule has 0 spiro atoms. The van der Waals surface area contributed by atoms with Gasteiger partial charge in [0, 0.05) is 30.8 Å². The van der Waals surface area contributed by atoms with Gasteiger partial charge in [-0.3, -0.25) is 0 Å². The van der Waals surface area contributed by atoms with Crippen molar-refractivity contribution in [2.75, 3.05) is 24.6 Å². The lowest BCUT2D eigenvalue weighted by molar-refractivity contribution is 0.0837. The highest BCUT2D eigenvalue weighted by Crippen LogP contribution is 2.36. The summed E-state index contributed by atoms with van der Waals surface area (Å²) in [5.41, 5.74) is 0.178. The van der Waals surface area contributed by atoms with Crippen molar-refractivity contribution in [1.82, 2.24) is 9.71 Å². The van der Waals surface area contributed by atoms with E-state index in [2.05, 4.69) is 15.8 Å². The summed E-state index contributed by atoms with van der Waals surface area (Å²) < 4.78 is 47.2. The first kappa shape index (κ1) is 21.1. The predicted molar refractivity (Wildman–Crippen MR) is 107 cm³/mol. The fourth-order valence-electron chi connectivity index (χ4n) is 3.28. The molecule has 2 aliphatic heterocycles. The molecule has 2 atom stereocenters. The van der Waals surface area contributed by atoms with Crippen molar-refractivity contribution in [2.24, 2.45) is 5.92 Å². The minimum atomic E-state index is -4.11. The van der Waals surface area contributed by atoms with E-state index in [1.807, 2.05) is 0 Å². The summed E-state index contributed by atoms with van der Waals surface area (Å²) in [6, 6.07) is 5.87. The van der Waals surface area contributed by atoms with Gasteiger partial charge < -0.3 is 14.7 Å². The molecule has 0 bridgehead atoms. The van der Waals surface area contributed by atoms with Crippen LogP contribution in [0.3, 0.4) is 0 Å². The number of nitrogens with zero attached hydrogens (tertiary/aromatic N) is 3. The second-order valence-corrected chi connectivity index (χ2v) is 9.51. The van der Waals surface area contributed by atoms with Crippen LogP contribution in [-0.4, -0.2) is 44.2 Å². The molecule has 3 heterocycles. The Morgan fingerprint density at radius 2 is 2.03 bits per heavy atom. The van der Waals surface area contributed by atoms with Crippen LogP contribution in [0.2, 0.25) is 10.2 Å². The Morgan fingerprint density at radius 1 is 1.30 bits per heavy atom. The molecule has 158 valence electrons. The van der Waals surface area contributed by atoms with Gasteiger partial charge in [0.25, 0.3) is 0 Å². The van der Waals surface area contributed by atoms with Gasteiger partial charge in [0.1, 0.15) is 35.2 Å². The van der Waals surface area contributed by atoms with Gasteiger partial charge in [-0.2, -0.15) is 5.26 Å². The lowest BCUT2D eigenvalue weighted by atomic mass is 10.00. The van der Waals surface area contributed by atoms with Crippen LogP contribution in [0.15, 0.2) is 29.2 Å². The van der Waals surface area contributed by atoms with Crippen molar-refractivity contribution in [3.8, 4) is 11.8 Å². The Hall–Kier alpha value is -2.16. The maximum atomic E-state index is 13.6. The molecule has 1 aromatic carbocycles. The standard InChI is InChI=1S/C18H15Cl2FN4O4S/c19-12-3-11-15(4-13(12)21)29-8-14(18(11)26)24-30(27,28)10-1-16(20)23-17(2-10)25-6-9(5-22)7-25/h1-4,9,14,18,24,26H,6-8H2/t14-,18+/m1/s1. The average Bonchev–Trinajstić information content (AvgIpc) is 2.64. The Kier molecular flexibility index (Phi) is 5.50. The number of hydrogen-bond donors (Lipinski definition) is 2. The highest BCUT2D eigenvalue weighted by Gasteiger charge is 2.35. The van der Waals surface area contributed by atoms with E-state index in [4.69, 9.17) is 33.2 Å². The van der Waals surface area contributed by atoms with Crippen LogP contribution < -0.4 is 14.4 Å². The third-order valence-corrected chi connectivity index (χ3v) is 6.88. The van der Waals surface area contributed by atoms with Crippen LogP contribution in [0.25, 0.3) is 0 Å². The quantitative estimate of drug-likeness (QED) is 0.655. The molecule has 12 heteroatoms. The number of sulfonamides is 1. The van der Waals surface area contributed by atoms with Crippen LogP contribution >= 0.6 is 23.2 Å². The van der Waals surface area contributed by atoms with Crippen molar-refractivity contribution < 1.29 is 22.7 Å². The molecule has 1 aromatic heterocycles. The van der Waals surface area contributed by atoms with E-state index >= 15 is 0 Å². The Morgan fingerprint density at radius 3 is 2.73 bits per heavy atom. The minimum absolute atomic E-state index is 0.0265. The average molecular weight is 473 g/mol. The lowest BCUT2D eigenvalue weighted by Gasteiger charge is -2.36. The van der Waals surface area contributed by atoms with Gasteiger partial charge in [0.2, 0.25) is 10.0 Å². The van der Waals surface area contributed by atoms with Gasteiger partial charge in [-0.25, -0.2) is 22.5 Å². The molecule has 0 saturated carbocycles. The summed E-state index contributed by atoms with van der Waals surface area (Å²) in [6.45, 7) is 0.649. The van der Waals surface area contributed by atoms with Gasteiger partial charge in [-0.05, 0) is 12.1 Å². The Bertz CT molecular complexity index is 1150. The molecule has 4 rings (SSSR count). The molecule has 0 radical (unpaired) electrons. The van der Waals surface area contributed by atoms with Crippen LogP contribution in [0.5, 0.6) is 5.75 Å². The van der Waals surface area contributed by atoms with Gasteiger partial charge in [0.15, 0.2) is 0 Å². The van der Waals surface area contributed by atoms with Crippen molar-refractivity contribution in [1.29, 1.82) is 5.26 Å². The van der Waals surface area contributed by atoms with E-state index in [1.165, 1.54) is 18.2 Å². The Balaban J connectivity index is 1.57. The number of hydrogen-bond acceptors (Lipinski definition) is 7. The number of benzene rings is 1.